The number of aliphatic imine (C=N–C) groups is 1. The first-order valence-electron chi connectivity index (χ1n) is 6.40. The summed E-state index contributed by atoms with van der Waals surface area (Å²) in [6, 6.07) is 7.96. The van der Waals surface area contributed by atoms with Gasteiger partial charge in [-0.25, -0.2) is 4.99 Å². The maximum Gasteiger partial charge on any atom is 0.213 e. The molecule has 1 rings (SSSR count). The highest BCUT2D eigenvalue weighted by atomic mass is 16.5. The molecular formula is C16H24N2O. The highest BCUT2D eigenvalue weighted by Gasteiger charge is 1.97. The smallest absolute Gasteiger partial charge is 0.213 e. The number of rotatable bonds is 6. The summed E-state index contributed by atoms with van der Waals surface area (Å²) in [5.74, 6) is 0.486. The fourth-order valence-electron chi connectivity index (χ4n) is 1.27. The number of nitrogens with zero attached hydrogens (tertiary/aromatic N) is 1. The highest BCUT2D eigenvalue weighted by molar-refractivity contribution is 5.29. The minimum Gasteiger partial charge on any atom is -0.473 e. The third-order valence-corrected chi connectivity index (χ3v) is 2.17. The predicted octanol–water partition coefficient (Wildman–Crippen LogP) is 3.81. The summed E-state index contributed by atoms with van der Waals surface area (Å²) in [5.41, 5.74) is 8.58. The van der Waals surface area contributed by atoms with Crippen LogP contribution in [0.5, 0.6) is 0 Å². The van der Waals surface area contributed by atoms with Crippen molar-refractivity contribution < 1.29 is 4.74 Å². The van der Waals surface area contributed by atoms with Crippen LogP contribution in [0, 0.1) is 0 Å². The van der Waals surface area contributed by atoms with E-state index in [1.807, 2.05) is 45.0 Å². The van der Waals surface area contributed by atoms with Crippen LogP contribution in [0.1, 0.15) is 31.9 Å². The molecule has 2 N–H and O–H groups in total. The lowest BCUT2D eigenvalue weighted by atomic mass is 10.1. The normalized spacial score (nSPS) is 10.2. The molecule has 0 spiro atoms. The molecule has 0 aliphatic carbocycles. The van der Waals surface area contributed by atoms with Crippen molar-refractivity contribution in [1.82, 2.24) is 0 Å². The van der Waals surface area contributed by atoms with Crippen LogP contribution in [0.3, 0.4) is 0 Å². The second kappa shape index (κ2) is 10.1. The Hall–Kier alpha value is -1.87. The summed E-state index contributed by atoms with van der Waals surface area (Å²) in [7, 11) is 0. The van der Waals surface area contributed by atoms with Gasteiger partial charge in [-0.15, -0.1) is 0 Å². The zero-order chi connectivity index (χ0) is 14.7. The lowest BCUT2D eigenvalue weighted by Crippen LogP contribution is -1.97. The van der Waals surface area contributed by atoms with E-state index in [0.29, 0.717) is 19.0 Å². The van der Waals surface area contributed by atoms with Crippen molar-refractivity contribution in [1.29, 1.82) is 0 Å². The summed E-state index contributed by atoms with van der Waals surface area (Å²) in [4.78, 5) is 3.79. The van der Waals surface area contributed by atoms with E-state index in [-0.39, 0.29) is 0 Å². The lowest BCUT2D eigenvalue weighted by Gasteiger charge is -2.06. The van der Waals surface area contributed by atoms with Crippen molar-refractivity contribution in [2.45, 2.75) is 33.9 Å². The Morgan fingerprint density at radius 3 is 2.21 bits per heavy atom. The molecule has 0 unspecified atom stereocenters. The van der Waals surface area contributed by atoms with Crippen LogP contribution < -0.4 is 5.73 Å². The second-order valence-corrected chi connectivity index (χ2v) is 3.80. The maximum atomic E-state index is 5.53. The summed E-state index contributed by atoms with van der Waals surface area (Å²) in [5, 5.41) is 0. The molecule has 19 heavy (non-hydrogen) atoms. The van der Waals surface area contributed by atoms with Gasteiger partial charge in [0.1, 0.15) is 6.61 Å². The first-order valence-corrected chi connectivity index (χ1v) is 6.40. The van der Waals surface area contributed by atoms with Crippen molar-refractivity contribution in [3.05, 3.63) is 59.5 Å². The summed E-state index contributed by atoms with van der Waals surface area (Å²) in [6.45, 7) is 14.1. The monoisotopic (exact) mass is 260 g/mol. The van der Waals surface area contributed by atoms with E-state index in [9.17, 15) is 0 Å². The van der Waals surface area contributed by atoms with Gasteiger partial charge in [0.2, 0.25) is 5.88 Å². The molecule has 104 valence electrons. The first kappa shape index (κ1) is 17.1. The summed E-state index contributed by atoms with van der Waals surface area (Å²) >= 11 is 0. The van der Waals surface area contributed by atoms with E-state index in [1.54, 1.807) is 6.08 Å². The molecule has 0 saturated carbocycles. The molecule has 0 atom stereocenters. The van der Waals surface area contributed by atoms with Crippen LogP contribution in [-0.2, 0) is 17.9 Å². The number of allylic oxidation sites excluding steroid dienone is 2. The molecule has 0 bridgehead atoms. The maximum absolute atomic E-state index is 5.53. The van der Waals surface area contributed by atoms with E-state index < -0.39 is 0 Å². The van der Waals surface area contributed by atoms with Gasteiger partial charge in [-0.3, -0.25) is 0 Å². The lowest BCUT2D eigenvalue weighted by molar-refractivity contribution is 0.197. The third-order valence-electron chi connectivity index (χ3n) is 2.17. The van der Waals surface area contributed by atoms with Crippen LogP contribution in [0.25, 0.3) is 0 Å². The predicted molar refractivity (Wildman–Crippen MR) is 82.9 cm³/mol. The first-order chi connectivity index (χ1) is 9.15. The third kappa shape index (κ3) is 7.21. The number of nitrogens with two attached hydrogens (primary N) is 1. The van der Waals surface area contributed by atoms with Gasteiger partial charge in [-0.05, 0) is 24.8 Å². The van der Waals surface area contributed by atoms with Crippen molar-refractivity contribution in [2.24, 2.45) is 10.7 Å². The Balaban J connectivity index is 0.00000154. The number of ether oxygens (including phenoxy) is 1. The van der Waals surface area contributed by atoms with Gasteiger partial charge >= 0.3 is 0 Å². The van der Waals surface area contributed by atoms with E-state index >= 15 is 0 Å². The fourth-order valence-corrected chi connectivity index (χ4v) is 1.27. The van der Waals surface area contributed by atoms with Gasteiger partial charge in [-0.1, -0.05) is 50.3 Å². The Labute approximate surface area is 116 Å². The van der Waals surface area contributed by atoms with Crippen LogP contribution in [-0.4, -0.2) is 6.72 Å². The van der Waals surface area contributed by atoms with Gasteiger partial charge in [0.05, 0.1) is 0 Å². The molecule has 0 saturated heterocycles. The molecule has 1 aromatic rings. The molecule has 0 aliphatic heterocycles. The average Bonchev–Trinajstić information content (AvgIpc) is 2.45. The molecule has 0 radical (unpaired) electrons. The summed E-state index contributed by atoms with van der Waals surface area (Å²) < 4.78 is 5.50. The Bertz CT molecular complexity index is 419. The van der Waals surface area contributed by atoms with Gasteiger partial charge in [0, 0.05) is 12.6 Å². The van der Waals surface area contributed by atoms with E-state index in [1.165, 1.54) is 0 Å². The van der Waals surface area contributed by atoms with Crippen LogP contribution in [0.15, 0.2) is 53.4 Å². The standard InChI is InChI=1S/C14H18N2O.C2H6/c1-11(2)8-14(16-3)17-10-13-6-4-12(9-15)5-7-13;1-2/h4-8H,1,3,9-10,15H2,2H3;1-2H3/b14-8+;. The molecule has 0 aliphatic rings. The quantitative estimate of drug-likeness (QED) is 0.480. The Kier molecular flexibility index (Phi) is 9.10. The number of hydrogen-bond acceptors (Lipinski definition) is 3. The molecule has 0 heterocycles. The van der Waals surface area contributed by atoms with Crippen LogP contribution >= 0.6 is 0 Å². The molecule has 3 heteroatoms. The average molecular weight is 260 g/mol. The molecular weight excluding hydrogens is 236 g/mol. The minimum absolute atomic E-state index is 0.461. The van der Waals surface area contributed by atoms with Gasteiger partial charge in [-0.2, -0.15) is 0 Å². The second-order valence-electron chi connectivity index (χ2n) is 3.80. The van der Waals surface area contributed by atoms with E-state index in [0.717, 1.165) is 16.7 Å². The van der Waals surface area contributed by atoms with Crippen molar-refractivity contribution in [3.8, 4) is 0 Å². The molecule has 0 fully saturated rings. The molecule has 0 amide bonds. The topological polar surface area (TPSA) is 47.6 Å². The summed E-state index contributed by atoms with van der Waals surface area (Å²) in [6.07, 6.45) is 1.75. The van der Waals surface area contributed by atoms with Crippen molar-refractivity contribution in [3.63, 3.8) is 0 Å². The largest absolute Gasteiger partial charge is 0.473 e. The van der Waals surface area contributed by atoms with Gasteiger partial charge < -0.3 is 10.5 Å². The highest BCUT2D eigenvalue weighted by Crippen LogP contribution is 2.10. The van der Waals surface area contributed by atoms with E-state index in [4.69, 9.17) is 10.5 Å². The fraction of sp³-hybridized carbons (Fsp3) is 0.312. The van der Waals surface area contributed by atoms with Crippen LogP contribution in [0.4, 0.5) is 0 Å². The number of benzene rings is 1. The SMILES string of the molecule is C=N/C(=C\C(=C)C)OCc1ccc(CN)cc1.CC. The van der Waals surface area contributed by atoms with Crippen molar-refractivity contribution >= 4 is 6.72 Å². The number of hydrogen-bond donors (Lipinski definition) is 1. The zero-order valence-electron chi connectivity index (χ0n) is 12.1. The van der Waals surface area contributed by atoms with Gasteiger partial charge in [0.15, 0.2) is 0 Å². The van der Waals surface area contributed by atoms with Gasteiger partial charge in [0.25, 0.3) is 0 Å². The molecule has 1 aromatic carbocycles. The van der Waals surface area contributed by atoms with Crippen molar-refractivity contribution in [2.75, 3.05) is 0 Å². The molecule has 3 nitrogen and oxygen atoms in total. The minimum atomic E-state index is 0.461. The Morgan fingerprint density at radius 2 is 1.79 bits per heavy atom. The zero-order valence-corrected chi connectivity index (χ0v) is 12.1. The van der Waals surface area contributed by atoms with E-state index in [2.05, 4.69) is 18.3 Å². The molecule has 0 aromatic heterocycles. The van der Waals surface area contributed by atoms with Crippen LogP contribution in [0.2, 0.25) is 0 Å². The Morgan fingerprint density at radius 1 is 1.26 bits per heavy atom.